The lowest BCUT2D eigenvalue weighted by Gasteiger charge is -2.48. The number of nitrogens with one attached hydrogen (secondary N) is 3. The van der Waals surface area contributed by atoms with Crippen molar-refractivity contribution in [2.75, 3.05) is 55.9 Å². The number of likely N-dealkylation sites (tertiary alicyclic amines) is 1. The molecule has 42 heavy (non-hydrogen) atoms. The summed E-state index contributed by atoms with van der Waals surface area (Å²) in [6.45, 7) is 7.11. The van der Waals surface area contributed by atoms with Crippen molar-refractivity contribution in [3.05, 3.63) is 71.9 Å². The molecule has 10 nitrogen and oxygen atoms in total. The van der Waals surface area contributed by atoms with Gasteiger partial charge in [0.05, 0.1) is 30.2 Å². The monoisotopic (exact) mass is 589 g/mol. The number of nitrogens with zero attached hydrogens (tertiary/aromatic N) is 4. The fourth-order valence-corrected chi connectivity index (χ4v) is 5.97. The minimum atomic E-state index is -0.223. The number of halogens is 1. The second-order valence-corrected chi connectivity index (χ2v) is 11.1. The smallest absolute Gasteiger partial charge is 0.253 e. The lowest BCUT2D eigenvalue weighted by Crippen LogP contribution is -2.50. The summed E-state index contributed by atoms with van der Waals surface area (Å²) >= 11 is 6.40. The standard InChI is InChI=1S/C31H36ClN7O3/c1-4-27(40)38-16-13-31(14-17-38)12-7-15-39(20-31)21-10-11-25(26(18-21)42-3)36-30-34-19-23(32)28(37-30)35-24-9-6-5-8-22(24)29(41)33-2/h4-6,8-11,18-19H,1,7,12-17,20H2,2-3H3,(H,33,41)(H2,34,35,36,37). The number of carbonyl (C=O) groups excluding carboxylic acids is 2. The summed E-state index contributed by atoms with van der Waals surface area (Å²) in [5, 5.41) is 9.35. The quantitative estimate of drug-likeness (QED) is 0.300. The van der Waals surface area contributed by atoms with Crippen LogP contribution in [-0.4, -0.2) is 67.0 Å². The zero-order chi connectivity index (χ0) is 29.7. The van der Waals surface area contributed by atoms with Crippen LogP contribution in [0.15, 0.2) is 61.3 Å². The SMILES string of the molecule is C=CC(=O)N1CCC2(CCCN(c3ccc(Nc4ncc(Cl)c(Nc5ccccc5C(=O)NC)n4)c(OC)c3)C2)CC1. The Bertz CT molecular complexity index is 1470. The van der Waals surface area contributed by atoms with Gasteiger partial charge in [0.1, 0.15) is 10.8 Å². The van der Waals surface area contributed by atoms with Gasteiger partial charge in [-0.2, -0.15) is 4.98 Å². The first-order valence-electron chi connectivity index (χ1n) is 14.1. The van der Waals surface area contributed by atoms with Crippen LogP contribution in [0.5, 0.6) is 5.75 Å². The van der Waals surface area contributed by atoms with E-state index in [1.165, 1.54) is 18.7 Å². The predicted octanol–water partition coefficient (Wildman–Crippen LogP) is 5.38. The van der Waals surface area contributed by atoms with Crippen LogP contribution in [0.4, 0.5) is 28.8 Å². The summed E-state index contributed by atoms with van der Waals surface area (Å²) in [5.74, 6) is 1.14. The molecule has 5 rings (SSSR count). The Morgan fingerprint density at radius 3 is 2.60 bits per heavy atom. The molecule has 3 N–H and O–H groups in total. The number of ether oxygens (including phenoxy) is 1. The first kappa shape index (κ1) is 29.2. The molecule has 2 aromatic carbocycles. The summed E-state index contributed by atoms with van der Waals surface area (Å²) in [7, 11) is 3.22. The van der Waals surface area contributed by atoms with Gasteiger partial charge in [-0.15, -0.1) is 0 Å². The number of carbonyl (C=O) groups is 2. The number of methoxy groups -OCH3 is 1. The second-order valence-electron chi connectivity index (χ2n) is 10.7. The molecule has 11 heteroatoms. The topological polar surface area (TPSA) is 112 Å². The molecule has 1 spiro atoms. The van der Waals surface area contributed by atoms with Crippen LogP contribution in [0.25, 0.3) is 0 Å². The molecule has 220 valence electrons. The van der Waals surface area contributed by atoms with E-state index >= 15 is 0 Å². The zero-order valence-corrected chi connectivity index (χ0v) is 24.7. The molecule has 2 aliphatic heterocycles. The third-order valence-corrected chi connectivity index (χ3v) is 8.44. The molecular formula is C31H36ClN7O3. The number of rotatable bonds is 8. The average Bonchev–Trinajstić information content (AvgIpc) is 3.02. The van der Waals surface area contributed by atoms with Crippen molar-refractivity contribution in [3.63, 3.8) is 0 Å². The van der Waals surface area contributed by atoms with Crippen LogP contribution in [0.3, 0.4) is 0 Å². The lowest BCUT2D eigenvalue weighted by molar-refractivity contribution is -0.128. The Morgan fingerprint density at radius 2 is 1.86 bits per heavy atom. The maximum Gasteiger partial charge on any atom is 0.253 e. The highest BCUT2D eigenvalue weighted by molar-refractivity contribution is 6.33. The first-order valence-corrected chi connectivity index (χ1v) is 14.4. The third-order valence-electron chi connectivity index (χ3n) is 8.16. The van der Waals surface area contributed by atoms with Crippen molar-refractivity contribution in [1.82, 2.24) is 20.2 Å². The molecule has 1 aromatic heterocycles. The fourth-order valence-electron chi connectivity index (χ4n) is 5.83. The molecule has 0 unspecified atom stereocenters. The van der Waals surface area contributed by atoms with Gasteiger partial charge in [0.15, 0.2) is 5.82 Å². The van der Waals surface area contributed by atoms with E-state index in [2.05, 4.69) is 43.5 Å². The maximum absolute atomic E-state index is 12.3. The Morgan fingerprint density at radius 1 is 1.07 bits per heavy atom. The van der Waals surface area contributed by atoms with E-state index in [0.29, 0.717) is 39.5 Å². The molecule has 3 aromatic rings. The van der Waals surface area contributed by atoms with Gasteiger partial charge in [-0.25, -0.2) is 4.98 Å². The van der Waals surface area contributed by atoms with Gasteiger partial charge in [-0.3, -0.25) is 9.59 Å². The summed E-state index contributed by atoms with van der Waals surface area (Å²) in [4.78, 5) is 37.6. The first-order chi connectivity index (χ1) is 20.3. The van der Waals surface area contributed by atoms with E-state index < -0.39 is 0 Å². The molecule has 2 aliphatic rings. The van der Waals surface area contributed by atoms with Crippen LogP contribution in [-0.2, 0) is 4.79 Å². The number of hydrogen-bond acceptors (Lipinski definition) is 8. The van der Waals surface area contributed by atoms with E-state index in [-0.39, 0.29) is 17.2 Å². The summed E-state index contributed by atoms with van der Waals surface area (Å²) in [6.07, 6.45) is 7.19. The van der Waals surface area contributed by atoms with Gasteiger partial charge in [-0.1, -0.05) is 30.3 Å². The highest BCUT2D eigenvalue weighted by Gasteiger charge is 2.39. The number of benzene rings is 2. The number of hydrogen-bond donors (Lipinski definition) is 3. The fraction of sp³-hybridized carbons (Fsp3) is 0.355. The van der Waals surface area contributed by atoms with Gasteiger partial charge in [0.2, 0.25) is 11.9 Å². The van der Waals surface area contributed by atoms with Crippen molar-refractivity contribution in [2.45, 2.75) is 25.7 Å². The molecule has 0 radical (unpaired) electrons. The minimum absolute atomic E-state index is 0.0200. The van der Waals surface area contributed by atoms with Gasteiger partial charge >= 0.3 is 0 Å². The van der Waals surface area contributed by atoms with E-state index in [0.717, 1.165) is 51.1 Å². The summed E-state index contributed by atoms with van der Waals surface area (Å²) in [5.41, 5.74) is 3.05. The molecular weight excluding hydrogens is 554 g/mol. The van der Waals surface area contributed by atoms with Gasteiger partial charge in [0.25, 0.3) is 5.91 Å². The summed E-state index contributed by atoms with van der Waals surface area (Å²) < 4.78 is 5.76. The second kappa shape index (κ2) is 12.7. The number of anilines is 5. The predicted molar refractivity (Wildman–Crippen MR) is 166 cm³/mol. The van der Waals surface area contributed by atoms with E-state index in [1.54, 1.807) is 32.4 Å². The number of piperidine rings is 2. The lowest BCUT2D eigenvalue weighted by atomic mass is 9.72. The minimum Gasteiger partial charge on any atom is -0.494 e. The van der Waals surface area contributed by atoms with Crippen molar-refractivity contribution in [2.24, 2.45) is 5.41 Å². The van der Waals surface area contributed by atoms with Crippen LogP contribution in [0, 0.1) is 5.41 Å². The van der Waals surface area contributed by atoms with E-state index in [9.17, 15) is 9.59 Å². The largest absolute Gasteiger partial charge is 0.494 e. The zero-order valence-electron chi connectivity index (χ0n) is 24.0. The molecule has 2 saturated heterocycles. The van der Waals surface area contributed by atoms with E-state index in [1.807, 2.05) is 23.1 Å². The van der Waals surface area contributed by atoms with Crippen LogP contribution < -0.4 is 25.6 Å². The highest BCUT2D eigenvalue weighted by atomic mass is 35.5. The molecule has 2 fully saturated rings. The normalized spacial score (nSPS) is 16.1. The Balaban J connectivity index is 1.31. The maximum atomic E-state index is 12.3. The van der Waals surface area contributed by atoms with E-state index in [4.69, 9.17) is 16.3 Å². The van der Waals surface area contributed by atoms with Crippen LogP contribution in [0.1, 0.15) is 36.0 Å². The van der Waals surface area contributed by atoms with Crippen molar-refractivity contribution >= 4 is 52.2 Å². The molecule has 0 aliphatic carbocycles. The number of amides is 2. The molecule has 0 atom stereocenters. The molecule has 0 bridgehead atoms. The molecule has 2 amide bonds. The molecule has 0 saturated carbocycles. The molecule has 3 heterocycles. The average molecular weight is 590 g/mol. The van der Waals surface area contributed by atoms with Crippen molar-refractivity contribution in [3.8, 4) is 5.75 Å². The Kier molecular flexibility index (Phi) is 8.82. The van der Waals surface area contributed by atoms with Gasteiger partial charge in [-0.05, 0) is 61.4 Å². The van der Waals surface area contributed by atoms with Crippen molar-refractivity contribution in [1.29, 1.82) is 0 Å². The number of para-hydroxylation sites is 1. The van der Waals surface area contributed by atoms with Gasteiger partial charge < -0.3 is 30.5 Å². The third kappa shape index (κ3) is 6.28. The van der Waals surface area contributed by atoms with Gasteiger partial charge in [0, 0.05) is 45.0 Å². The van der Waals surface area contributed by atoms with Crippen molar-refractivity contribution < 1.29 is 14.3 Å². The Labute approximate surface area is 251 Å². The Hall–Kier alpha value is -4.31. The highest BCUT2D eigenvalue weighted by Crippen LogP contribution is 2.42. The number of aromatic nitrogens is 2. The van der Waals surface area contributed by atoms with Crippen LogP contribution in [0.2, 0.25) is 5.02 Å². The van der Waals surface area contributed by atoms with Crippen LogP contribution >= 0.6 is 11.6 Å². The summed E-state index contributed by atoms with van der Waals surface area (Å²) in [6, 6.07) is 13.2.